The number of nitrogens with zero attached hydrogens (tertiary/aromatic N) is 2. The Morgan fingerprint density at radius 1 is 1.83 bits per heavy atom. The van der Waals surface area contributed by atoms with E-state index in [1.165, 1.54) is 10.9 Å². The van der Waals surface area contributed by atoms with Crippen molar-refractivity contribution in [3.8, 4) is 0 Å². The highest BCUT2D eigenvalue weighted by Gasteiger charge is 2.04. The monoisotopic (exact) mass is 192 g/mol. The van der Waals surface area contributed by atoms with Crippen LogP contribution in [0.4, 0.5) is 5.82 Å². The summed E-state index contributed by atoms with van der Waals surface area (Å²) in [6.07, 6.45) is 1.37. The van der Waals surface area contributed by atoms with Gasteiger partial charge in [-0.1, -0.05) is 11.6 Å². The lowest BCUT2D eigenvalue weighted by molar-refractivity contribution is -0.137. The van der Waals surface area contributed by atoms with Gasteiger partial charge in [-0.25, -0.2) is 0 Å². The zero-order valence-corrected chi connectivity index (χ0v) is 6.95. The van der Waals surface area contributed by atoms with Crippen molar-refractivity contribution in [2.45, 2.75) is 6.54 Å². The van der Waals surface area contributed by atoms with Crippen molar-refractivity contribution in [3.63, 3.8) is 0 Å². The van der Waals surface area contributed by atoms with Gasteiger partial charge in [0.1, 0.15) is 11.6 Å². The number of nitrogens with two attached hydrogens (primary N) is 1. The number of carbonyl (C=O) groups is 1. The first-order valence-corrected chi connectivity index (χ1v) is 3.17. The summed E-state index contributed by atoms with van der Waals surface area (Å²) in [5.74, 6) is -0.836. The van der Waals surface area contributed by atoms with E-state index < -0.39 is 5.97 Å². The van der Waals surface area contributed by atoms with E-state index in [9.17, 15) is 4.79 Å². The van der Waals surface area contributed by atoms with Crippen LogP contribution in [-0.4, -0.2) is 20.9 Å². The highest BCUT2D eigenvalue weighted by molar-refractivity contribution is 6.32. The fourth-order valence-electron chi connectivity index (χ4n) is 0.632. The minimum atomic E-state index is -0.982. The van der Waals surface area contributed by atoms with E-state index in [1.54, 1.807) is 0 Å². The van der Waals surface area contributed by atoms with E-state index in [4.69, 9.17) is 22.4 Å². The number of nitrogen functional groups attached to an aromatic ring is 1. The molecule has 0 aliphatic heterocycles. The molecule has 6 N–H and O–H groups in total. The van der Waals surface area contributed by atoms with Gasteiger partial charge in [0, 0.05) is 6.20 Å². The topological polar surface area (TPSA) is 116 Å². The summed E-state index contributed by atoms with van der Waals surface area (Å²) in [6.45, 7) is -0.225. The minimum absolute atomic E-state index is 0. The number of rotatable bonds is 2. The molecule has 12 heavy (non-hydrogen) atoms. The van der Waals surface area contributed by atoms with Gasteiger partial charge in [-0.2, -0.15) is 5.10 Å². The van der Waals surface area contributed by atoms with Crippen LogP contribution in [0.5, 0.6) is 0 Å². The molecule has 0 aliphatic carbocycles. The molecule has 7 heteroatoms. The van der Waals surface area contributed by atoms with Gasteiger partial charge in [0.25, 0.3) is 0 Å². The molecule has 1 aromatic rings. The molecule has 0 aromatic carbocycles. The van der Waals surface area contributed by atoms with Crippen molar-refractivity contribution in [1.29, 1.82) is 0 Å². The van der Waals surface area contributed by atoms with Crippen LogP contribution in [0.3, 0.4) is 0 Å². The van der Waals surface area contributed by atoms with Gasteiger partial charge in [0.05, 0.1) is 0 Å². The molecular formula is C5H9ClN4O2. The second kappa shape index (κ2) is 3.93. The molecule has 1 aromatic heterocycles. The molecule has 0 spiro atoms. The Hall–Kier alpha value is -1.27. The Bertz CT molecular complexity index is 265. The van der Waals surface area contributed by atoms with Gasteiger partial charge in [0.15, 0.2) is 5.82 Å². The van der Waals surface area contributed by atoms with E-state index in [-0.39, 0.29) is 23.5 Å². The second-order valence-corrected chi connectivity index (χ2v) is 2.36. The molecule has 0 amide bonds. The summed E-state index contributed by atoms with van der Waals surface area (Å²) >= 11 is 5.51. The quantitative estimate of drug-likeness (QED) is 0.626. The van der Waals surface area contributed by atoms with Crippen LogP contribution in [0.25, 0.3) is 0 Å². The predicted octanol–water partition coefficient (Wildman–Crippen LogP) is 0.365. The van der Waals surface area contributed by atoms with Crippen molar-refractivity contribution in [2.24, 2.45) is 0 Å². The lowest BCUT2D eigenvalue weighted by atomic mass is 10.6. The molecule has 1 rings (SSSR count). The molecule has 0 fully saturated rings. The maximum absolute atomic E-state index is 10.1. The maximum atomic E-state index is 10.1. The van der Waals surface area contributed by atoms with Crippen molar-refractivity contribution in [2.75, 3.05) is 5.73 Å². The molecule has 68 valence electrons. The Labute approximate surface area is 73.5 Å². The summed E-state index contributed by atoms with van der Waals surface area (Å²) in [6, 6.07) is 0. The smallest absolute Gasteiger partial charge is 0.325 e. The zero-order chi connectivity index (χ0) is 8.43. The number of anilines is 1. The fraction of sp³-hybridized carbons (Fsp3) is 0.200. The third-order valence-corrected chi connectivity index (χ3v) is 1.33. The highest BCUT2D eigenvalue weighted by Crippen LogP contribution is 2.14. The third-order valence-electron chi connectivity index (χ3n) is 1.04. The van der Waals surface area contributed by atoms with Gasteiger partial charge >= 0.3 is 5.97 Å². The summed E-state index contributed by atoms with van der Waals surface area (Å²) in [5, 5.41) is 12.2. The molecule has 0 aliphatic rings. The van der Waals surface area contributed by atoms with E-state index >= 15 is 0 Å². The molecular weight excluding hydrogens is 184 g/mol. The molecule has 0 bridgehead atoms. The van der Waals surface area contributed by atoms with Gasteiger partial charge in [-0.3, -0.25) is 9.48 Å². The Balaban J connectivity index is 0.00000121. The predicted molar refractivity (Wildman–Crippen MR) is 44.3 cm³/mol. The van der Waals surface area contributed by atoms with Crippen LogP contribution in [0.15, 0.2) is 6.20 Å². The van der Waals surface area contributed by atoms with Crippen LogP contribution in [0.2, 0.25) is 5.02 Å². The van der Waals surface area contributed by atoms with E-state index in [2.05, 4.69) is 5.10 Å². The maximum Gasteiger partial charge on any atom is 0.325 e. The first-order chi connectivity index (χ1) is 5.09. The van der Waals surface area contributed by atoms with Crippen LogP contribution in [-0.2, 0) is 11.3 Å². The average Bonchev–Trinajstić information content (AvgIpc) is 2.10. The molecule has 0 radical (unpaired) electrons. The summed E-state index contributed by atoms with van der Waals surface area (Å²) in [5.41, 5.74) is 5.26. The highest BCUT2D eigenvalue weighted by atomic mass is 35.5. The van der Waals surface area contributed by atoms with E-state index in [1.807, 2.05) is 0 Å². The minimum Gasteiger partial charge on any atom is -0.480 e. The number of hydrogen-bond donors (Lipinski definition) is 3. The molecule has 0 atom stereocenters. The molecule has 0 saturated carbocycles. The second-order valence-electron chi connectivity index (χ2n) is 1.95. The molecule has 6 nitrogen and oxygen atoms in total. The summed E-state index contributed by atoms with van der Waals surface area (Å²) < 4.78 is 1.17. The lowest BCUT2D eigenvalue weighted by Crippen LogP contribution is -2.09. The van der Waals surface area contributed by atoms with Crippen LogP contribution >= 0.6 is 11.6 Å². The third kappa shape index (κ3) is 2.40. The number of carboxylic acids is 1. The lowest BCUT2D eigenvalue weighted by Gasteiger charge is -1.91. The molecule has 0 unspecified atom stereocenters. The van der Waals surface area contributed by atoms with Crippen molar-refractivity contribution in [3.05, 3.63) is 11.2 Å². The van der Waals surface area contributed by atoms with Crippen molar-refractivity contribution >= 4 is 23.4 Å². The number of hydrogen-bond acceptors (Lipinski definition) is 4. The van der Waals surface area contributed by atoms with Gasteiger partial charge in [-0.05, 0) is 0 Å². The van der Waals surface area contributed by atoms with Gasteiger partial charge < -0.3 is 17.0 Å². The van der Waals surface area contributed by atoms with Crippen molar-refractivity contribution < 1.29 is 9.90 Å². The number of aliphatic carboxylic acids is 1. The van der Waals surface area contributed by atoms with Crippen molar-refractivity contribution in [1.82, 2.24) is 15.9 Å². The number of halogens is 1. The first kappa shape index (κ1) is 10.7. The fourth-order valence-corrected chi connectivity index (χ4v) is 0.782. The average molecular weight is 193 g/mol. The van der Waals surface area contributed by atoms with Crippen LogP contribution in [0, 0.1) is 0 Å². The standard InChI is InChI=1S/C5H6ClN3O2.H3N/c6-3-1-9(2-4(10)11)8-5(3)7;/h1H,2H2,(H2,7,8)(H,10,11);1H3. The Morgan fingerprint density at radius 2 is 2.42 bits per heavy atom. The van der Waals surface area contributed by atoms with Crippen LogP contribution in [0.1, 0.15) is 0 Å². The van der Waals surface area contributed by atoms with Gasteiger partial charge in [0.2, 0.25) is 0 Å². The number of carboxylic acid groups (broad SMARTS) is 1. The molecule has 1 heterocycles. The van der Waals surface area contributed by atoms with E-state index in [0.717, 1.165) is 0 Å². The van der Waals surface area contributed by atoms with Crippen LogP contribution < -0.4 is 11.9 Å². The summed E-state index contributed by atoms with van der Waals surface area (Å²) in [4.78, 5) is 10.1. The first-order valence-electron chi connectivity index (χ1n) is 2.80. The number of aromatic nitrogens is 2. The van der Waals surface area contributed by atoms with Gasteiger partial charge in [-0.15, -0.1) is 0 Å². The molecule has 0 saturated heterocycles. The summed E-state index contributed by atoms with van der Waals surface area (Å²) in [7, 11) is 0. The Kier molecular flexibility index (Phi) is 3.52. The Morgan fingerprint density at radius 3 is 2.75 bits per heavy atom. The zero-order valence-electron chi connectivity index (χ0n) is 6.20. The van der Waals surface area contributed by atoms with E-state index in [0.29, 0.717) is 0 Å². The SMILES string of the molecule is N.Nc1nn(CC(=O)O)cc1Cl. The normalized spacial score (nSPS) is 9.08. The largest absolute Gasteiger partial charge is 0.480 e.